The van der Waals surface area contributed by atoms with Gasteiger partial charge in [0.2, 0.25) is 17.0 Å². The van der Waals surface area contributed by atoms with E-state index >= 15 is 0 Å². The van der Waals surface area contributed by atoms with Gasteiger partial charge < -0.3 is 30.3 Å². The van der Waals surface area contributed by atoms with Crippen molar-refractivity contribution in [2.75, 3.05) is 12.3 Å². The van der Waals surface area contributed by atoms with Gasteiger partial charge in [-0.2, -0.15) is 4.68 Å². The number of aromatic hydroxyl groups is 1. The molecule has 1 aliphatic rings. The van der Waals surface area contributed by atoms with E-state index in [1.54, 1.807) is 28.9 Å². The monoisotopic (exact) mass is 750 g/mol. The first-order valence-corrected chi connectivity index (χ1v) is 19.2. The molecule has 4 aromatic carbocycles. The number of hydrogen-bond acceptors (Lipinski definition) is 10. The number of unbranched alkanes of at least 4 members (excludes halogenated alkanes) is 2. The first-order chi connectivity index (χ1) is 26.3. The Hall–Kier alpha value is -5.08. The van der Waals surface area contributed by atoms with Gasteiger partial charge in [-0.15, -0.1) is 5.10 Å². The quantitative estimate of drug-likeness (QED) is 0.0654. The predicted octanol–water partition coefficient (Wildman–Crippen LogP) is 6.42. The minimum atomic E-state index is -0.636. The Morgan fingerprint density at radius 2 is 1.61 bits per heavy atom. The van der Waals surface area contributed by atoms with E-state index in [1.807, 2.05) is 48.5 Å². The lowest BCUT2D eigenvalue weighted by atomic mass is 9.91. The van der Waals surface area contributed by atoms with Crippen molar-refractivity contribution in [3.8, 4) is 22.6 Å². The number of tetrazole rings is 1. The first kappa shape index (κ1) is 38.6. The number of nitrogens with one attached hydrogen (secondary N) is 2. The van der Waals surface area contributed by atoms with Crippen LogP contribution in [0.1, 0.15) is 74.2 Å². The molecule has 5 aromatic rings. The minimum absolute atomic E-state index is 0.0151. The molecule has 4 atom stereocenters. The van der Waals surface area contributed by atoms with Crippen molar-refractivity contribution in [3.05, 3.63) is 119 Å². The van der Waals surface area contributed by atoms with Crippen LogP contribution < -0.4 is 10.6 Å². The van der Waals surface area contributed by atoms with Crippen LogP contribution in [-0.4, -0.2) is 60.6 Å². The van der Waals surface area contributed by atoms with Crippen LogP contribution in [0.25, 0.3) is 16.8 Å². The second-order valence-corrected chi connectivity index (χ2v) is 14.4. The van der Waals surface area contributed by atoms with Gasteiger partial charge in [-0.05, 0) is 81.4 Å². The summed E-state index contributed by atoms with van der Waals surface area (Å²) in [5, 5.41) is 38.1. The third kappa shape index (κ3) is 10.3. The molecular formula is C41H46N6O6S. The van der Waals surface area contributed by atoms with Gasteiger partial charge in [-0.3, -0.25) is 9.59 Å². The molecule has 54 heavy (non-hydrogen) atoms. The molecule has 0 bridgehead atoms. The molecule has 4 unspecified atom stereocenters. The Kier molecular flexibility index (Phi) is 13.4. The molecule has 13 heteroatoms. The fourth-order valence-electron chi connectivity index (χ4n) is 6.33. The lowest BCUT2D eigenvalue weighted by molar-refractivity contribution is -0.268. The van der Waals surface area contributed by atoms with Crippen molar-refractivity contribution in [2.24, 2.45) is 5.92 Å². The second-order valence-electron chi connectivity index (χ2n) is 13.4. The highest BCUT2D eigenvalue weighted by Crippen LogP contribution is 2.43. The van der Waals surface area contributed by atoms with Gasteiger partial charge in [0.1, 0.15) is 5.75 Å². The highest BCUT2D eigenvalue weighted by atomic mass is 32.2. The predicted molar refractivity (Wildman–Crippen MR) is 205 cm³/mol. The Bertz CT molecular complexity index is 1970. The molecule has 1 aliphatic heterocycles. The summed E-state index contributed by atoms with van der Waals surface area (Å²) >= 11 is 1.49. The van der Waals surface area contributed by atoms with E-state index in [4.69, 9.17) is 9.47 Å². The molecule has 6 rings (SSSR count). The molecule has 1 fully saturated rings. The first-order valence-electron chi connectivity index (χ1n) is 18.2. The maximum absolute atomic E-state index is 12.4. The van der Waals surface area contributed by atoms with Gasteiger partial charge in [0.05, 0.1) is 24.5 Å². The Balaban J connectivity index is 1.12. The number of aliphatic hydroxyl groups excluding tert-OH is 1. The number of amides is 2. The Labute approximate surface area is 319 Å². The van der Waals surface area contributed by atoms with Gasteiger partial charge >= 0.3 is 0 Å². The number of phenolic OH excluding ortho intramolecular Hbond substituents is 1. The summed E-state index contributed by atoms with van der Waals surface area (Å²) < 4.78 is 15.0. The average Bonchev–Trinajstić information content (AvgIpc) is 3.67. The van der Waals surface area contributed by atoms with Crippen molar-refractivity contribution in [3.63, 3.8) is 0 Å². The minimum Gasteiger partial charge on any atom is -0.508 e. The zero-order chi connectivity index (χ0) is 37.9. The molecule has 1 aromatic heterocycles. The number of thioether (sulfide) groups is 1. The van der Waals surface area contributed by atoms with Gasteiger partial charge in [0.15, 0.2) is 6.29 Å². The zero-order valence-corrected chi connectivity index (χ0v) is 31.2. The number of carbonyl (C=O) groups excluding carboxylic acids is 2. The number of carbonyl (C=O) groups is 2. The third-order valence-electron chi connectivity index (χ3n) is 9.42. The summed E-state index contributed by atoms with van der Waals surface area (Å²) in [4.78, 5) is 23.4. The molecule has 2 amide bonds. The number of aromatic nitrogens is 4. The van der Waals surface area contributed by atoms with Crippen molar-refractivity contribution >= 4 is 23.6 Å². The molecule has 4 N–H and O–H groups in total. The van der Waals surface area contributed by atoms with Crippen LogP contribution in [0.5, 0.6) is 5.75 Å². The van der Waals surface area contributed by atoms with Gasteiger partial charge in [0, 0.05) is 43.7 Å². The number of hydrogen-bond donors (Lipinski definition) is 4. The van der Waals surface area contributed by atoms with Crippen LogP contribution in [0.4, 0.5) is 0 Å². The lowest BCUT2D eigenvalue weighted by Gasteiger charge is -2.41. The highest BCUT2D eigenvalue weighted by molar-refractivity contribution is 7.99. The topological polar surface area (TPSA) is 161 Å². The van der Waals surface area contributed by atoms with Crippen LogP contribution in [0.2, 0.25) is 0 Å². The van der Waals surface area contributed by atoms with E-state index in [-0.39, 0.29) is 42.3 Å². The van der Waals surface area contributed by atoms with Crippen LogP contribution in [0.3, 0.4) is 0 Å². The molecule has 0 radical (unpaired) electrons. The smallest absolute Gasteiger partial charge is 0.220 e. The number of benzene rings is 4. The van der Waals surface area contributed by atoms with Crippen molar-refractivity contribution < 1.29 is 29.3 Å². The summed E-state index contributed by atoms with van der Waals surface area (Å²) in [6.45, 7) is 4.67. The van der Waals surface area contributed by atoms with E-state index in [0.29, 0.717) is 30.4 Å². The van der Waals surface area contributed by atoms with E-state index in [2.05, 4.69) is 57.3 Å². The molecule has 1 saturated heterocycles. The summed E-state index contributed by atoms with van der Waals surface area (Å²) in [6.07, 6.45) is 1.85. The second kappa shape index (κ2) is 18.8. The number of phenols is 1. The number of rotatable bonds is 16. The summed E-state index contributed by atoms with van der Waals surface area (Å²) in [7, 11) is 0. The van der Waals surface area contributed by atoms with Gasteiger partial charge in [0.25, 0.3) is 0 Å². The zero-order valence-electron chi connectivity index (χ0n) is 30.4. The van der Waals surface area contributed by atoms with Crippen molar-refractivity contribution in [1.82, 2.24) is 30.8 Å². The standard InChI is InChI=1S/C41H46N6O6S/c1-27-37(26-54-41-44-45-46-47(41)35-18-20-36(50)21-19-35)52-40(53-39(27)32-12-10-29(25-48)11-13-32)33-16-14-31(15-17-33)34-8-6-7-30(23-34)24-43-38(51)9-4-3-5-22-42-28(2)49/h6-8,10-21,23,27,37,39-40,48,50H,3-5,9,22,24-26H2,1-2H3,(H,42,49)(H,43,51). The van der Waals surface area contributed by atoms with Crippen LogP contribution >= 0.6 is 11.8 Å². The molecule has 0 spiro atoms. The number of ether oxygens (including phenoxy) is 2. The number of aliphatic hydroxyl groups is 1. The van der Waals surface area contributed by atoms with E-state index in [1.165, 1.54) is 18.7 Å². The molecule has 282 valence electrons. The maximum atomic E-state index is 12.4. The fraction of sp³-hybridized carbons (Fsp3) is 0.341. The SMILES string of the molecule is CC(=O)NCCCCCC(=O)NCc1cccc(-c2ccc(C3OC(CSc4nnnn4-c4ccc(O)cc4)C(C)C(c4ccc(CO)cc4)O3)cc2)c1. The van der Waals surface area contributed by atoms with Crippen molar-refractivity contribution in [1.29, 1.82) is 0 Å². The molecular weight excluding hydrogens is 705 g/mol. The largest absolute Gasteiger partial charge is 0.508 e. The molecule has 12 nitrogen and oxygen atoms in total. The summed E-state index contributed by atoms with van der Waals surface area (Å²) in [5.41, 5.74) is 6.52. The highest BCUT2D eigenvalue weighted by Gasteiger charge is 2.38. The third-order valence-corrected chi connectivity index (χ3v) is 10.4. The molecule has 0 saturated carbocycles. The number of nitrogens with zero attached hydrogens (tertiary/aromatic N) is 4. The Morgan fingerprint density at radius 1 is 0.852 bits per heavy atom. The Morgan fingerprint density at radius 3 is 2.35 bits per heavy atom. The van der Waals surface area contributed by atoms with E-state index in [0.717, 1.165) is 58.3 Å². The average molecular weight is 751 g/mol. The maximum Gasteiger partial charge on any atom is 0.220 e. The van der Waals surface area contributed by atoms with Gasteiger partial charge in [-0.25, -0.2) is 0 Å². The van der Waals surface area contributed by atoms with Gasteiger partial charge in [-0.1, -0.05) is 91.8 Å². The van der Waals surface area contributed by atoms with E-state index < -0.39 is 6.29 Å². The van der Waals surface area contributed by atoms with Crippen LogP contribution in [-0.2, 0) is 32.2 Å². The van der Waals surface area contributed by atoms with E-state index in [9.17, 15) is 19.8 Å². The summed E-state index contributed by atoms with van der Waals surface area (Å²) in [6, 6.07) is 30.8. The summed E-state index contributed by atoms with van der Waals surface area (Å²) in [5.74, 6) is 0.682. The fourth-order valence-corrected chi connectivity index (χ4v) is 7.38. The normalized spacial score (nSPS) is 18.3. The van der Waals surface area contributed by atoms with Crippen molar-refractivity contribution in [2.45, 2.75) is 76.3 Å². The lowest BCUT2D eigenvalue weighted by Crippen LogP contribution is -2.38. The van der Waals surface area contributed by atoms with Crippen LogP contribution in [0, 0.1) is 5.92 Å². The molecule has 0 aliphatic carbocycles. The molecule has 2 heterocycles. The van der Waals surface area contributed by atoms with Crippen LogP contribution in [0.15, 0.2) is 102 Å².